The summed E-state index contributed by atoms with van der Waals surface area (Å²) in [7, 11) is 0. The molecule has 1 aromatic heterocycles. The van der Waals surface area contributed by atoms with Crippen molar-refractivity contribution in [2.24, 2.45) is 0 Å². The molecule has 2 rings (SSSR count). The Bertz CT molecular complexity index is 439. The highest BCUT2D eigenvalue weighted by molar-refractivity contribution is 5.68. The zero-order chi connectivity index (χ0) is 11.9. The van der Waals surface area contributed by atoms with Crippen LogP contribution in [0.2, 0.25) is 0 Å². The smallest absolute Gasteiger partial charge is 0.369 e. The van der Waals surface area contributed by atoms with E-state index in [-0.39, 0.29) is 6.10 Å². The van der Waals surface area contributed by atoms with Crippen molar-refractivity contribution < 1.29 is 17.9 Å². The van der Waals surface area contributed by atoms with Crippen LogP contribution < -0.4 is 0 Å². The summed E-state index contributed by atoms with van der Waals surface area (Å²) in [6.07, 6.45) is -3.56. The number of rotatable bonds is 0. The minimum atomic E-state index is -4.42. The Morgan fingerprint density at radius 3 is 2.81 bits per heavy atom. The van der Waals surface area contributed by atoms with Crippen molar-refractivity contribution in [2.45, 2.75) is 19.2 Å². The third-order valence-electron chi connectivity index (χ3n) is 2.55. The molecular formula is C11H10F3NO. The predicted octanol–water partition coefficient (Wildman–Crippen LogP) is 3.20. The summed E-state index contributed by atoms with van der Waals surface area (Å²) in [5, 5.41) is 0. The van der Waals surface area contributed by atoms with Gasteiger partial charge >= 0.3 is 6.18 Å². The molecule has 0 amide bonds. The third-order valence-corrected chi connectivity index (χ3v) is 2.55. The zero-order valence-electron chi connectivity index (χ0n) is 8.64. The van der Waals surface area contributed by atoms with E-state index in [2.05, 4.69) is 11.6 Å². The van der Waals surface area contributed by atoms with Crippen molar-refractivity contribution in [3.05, 3.63) is 35.7 Å². The molecule has 1 aliphatic heterocycles. The number of ether oxygens (including phenoxy) is 1. The zero-order valence-corrected chi connectivity index (χ0v) is 8.64. The highest BCUT2D eigenvalue weighted by Gasteiger charge is 2.34. The lowest BCUT2D eigenvalue weighted by molar-refractivity contribution is -0.141. The molecule has 0 aromatic carbocycles. The lowest BCUT2D eigenvalue weighted by atomic mass is 9.96. The van der Waals surface area contributed by atoms with Crippen LogP contribution in [0.15, 0.2) is 18.8 Å². The predicted molar refractivity (Wildman–Crippen MR) is 52.6 cm³/mol. The van der Waals surface area contributed by atoms with Crippen LogP contribution in [0.1, 0.15) is 29.8 Å². The number of halogens is 3. The number of hydrogen-bond donors (Lipinski definition) is 0. The lowest BCUT2D eigenvalue weighted by Gasteiger charge is -2.25. The Morgan fingerprint density at radius 2 is 2.19 bits per heavy atom. The molecule has 1 aromatic rings. The average Bonchev–Trinajstić information content (AvgIpc) is 2.22. The van der Waals surface area contributed by atoms with E-state index in [1.807, 2.05) is 0 Å². The molecule has 0 radical (unpaired) electrons. The molecule has 1 atom stereocenters. The molecule has 16 heavy (non-hydrogen) atoms. The molecule has 1 aliphatic rings. The van der Waals surface area contributed by atoms with Gasteiger partial charge in [-0.1, -0.05) is 6.58 Å². The van der Waals surface area contributed by atoms with Gasteiger partial charge < -0.3 is 4.74 Å². The molecule has 0 N–H and O–H groups in total. The summed E-state index contributed by atoms with van der Waals surface area (Å²) in [5.41, 5.74) is 0.927. The van der Waals surface area contributed by atoms with Crippen LogP contribution in [0.25, 0.3) is 5.57 Å². The van der Waals surface area contributed by atoms with Crippen molar-refractivity contribution in [3.63, 3.8) is 0 Å². The summed E-state index contributed by atoms with van der Waals surface area (Å²) >= 11 is 0. The Kier molecular flexibility index (Phi) is 2.50. The first-order chi connectivity index (χ1) is 7.39. The highest BCUT2D eigenvalue weighted by atomic mass is 19.4. The second-order valence-electron chi connectivity index (χ2n) is 3.71. The van der Waals surface area contributed by atoms with E-state index in [1.54, 1.807) is 6.92 Å². The van der Waals surface area contributed by atoms with Crippen LogP contribution >= 0.6 is 0 Å². The Labute approximate surface area is 90.8 Å². The molecule has 0 bridgehead atoms. The SMILES string of the molecule is C=C1COC(C)c2cc(C(F)(F)F)ncc21. The molecule has 2 nitrogen and oxygen atoms in total. The van der Waals surface area contributed by atoms with Crippen molar-refractivity contribution >= 4 is 5.57 Å². The molecule has 2 heterocycles. The van der Waals surface area contributed by atoms with E-state index >= 15 is 0 Å². The minimum absolute atomic E-state index is 0.335. The maximum atomic E-state index is 12.5. The summed E-state index contributed by atoms with van der Waals surface area (Å²) in [5.74, 6) is 0. The van der Waals surface area contributed by atoms with E-state index < -0.39 is 11.9 Å². The topological polar surface area (TPSA) is 22.1 Å². The molecule has 0 saturated carbocycles. The van der Waals surface area contributed by atoms with Gasteiger partial charge in [0.2, 0.25) is 0 Å². The van der Waals surface area contributed by atoms with Crippen molar-refractivity contribution in [2.75, 3.05) is 6.61 Å². The summed E-state index contributed by atoms with van der Waals surface area (Å²) in [6, 6.07) is 1.03. The Balaban J connectivity index is 2.52. The summed E-state index contributed by atoms with van der Waals surface area (Å²) in [4.78, 5) is 3.41. The number of pyridine rings is 1. The van der Waals surface area contributed by atoms with Crippen molar-refractivity contribution in [1.29, 1.82) is 0 Å². The number of hydrogen-bond acceptors (Lipinski definition) is 2. The van der Waals surface area contributed by atoms with Gasteiger partial charge in [-0.05, 0) is 24.1 Å². The molecule has 86 valence electrons. The molecule has 5 heteroatoms. The molecule has 0 aliphatic carbocycles. The van der Waals surface area contributed by atoms with Gasteiger partial charge in [0.1, 0.15) is 5.69 Å². The van der Waals surface area contributed by atoms with Crippen LogP contribution in [-0.2, 0) is 10.9 Å². The normalized spacial score (nSPS) is 20.8. The molecule has 0 saturated heterocycles. The number of alkyl halides is 3. The minimum Gasteiger partial charge on any atom is -0.369 e. The Morgan fingerprint density at radius 1 is 1.50 bits per heavy atom. The van der Waals surface area contributed by atoms with Crippen LogP contribution in [0, 0.1) is 0 Å². The van der Waals surface area contributed by atoms with Crippen LogP contribution in [0.4, 0.5) is 13.2 Å². The maximum Gasteiger partial charge on any atom is 0.433 e. The Hall–Kier alpha value is -1.36. The van der Waals surface area contributed by atoms with Gasteiger partial charge in [0.15, 0.2) is 0 Å². The van der Waals surface area contributed by atoms with Gasteiger partial charge in [0, 0.05) is 11.8 Å². The van der Waals surface area contributed by atoms with Crippen LogP contribution in [0.5, 0.6) is 0 Å². The molecule has 0 spiro atoms. The van der Waals surface area contributed by atoms with Crippen molar-refractivity contribution in [3.8, 4) is 0 Å². The quantitative estimate of drug-likeness (QED) is 0.681. The fraction of sp³-hybridized carbons (Fsp3) is 0.364. The first-order valence-electron chi connectivity index (χ1n) is 4.76. The largest absolute Gasteiger partial charge is 0.433 e. The maximum absolute atomic E-state index is 12.5. The van der Waals surface area contributed by atoms with E-state index in [4.69, 9.17) is 4.74 Å². The van der Waals surface area contributed by atoms with E-state index in [9.17, 15) is 13.2 Å². The first-order valence-corrected chi connectivity index (χ1v) is 4.76. The van der Waals surface area contributed by atoms with Gasteiger partial charge in [0.05, 0.1) is 12.7 Å². The third kappa shape index (κ3) is 1.82. The van der Waals surface area contributed by atoms with E-state index in [1.165, 1.54) is 6.20 Å². The molecular weight excluding hydrogens is 219 g/mol. The molecule has 0 fully saturated rings. The lowest BCUT2D eigenvalue weighted by Crippen LogP contribution is -2.16. The van der Waals surface area contributed by atoms with Gasteiger partial charge in [-0.15, -0.1) is 0 Å². The van der Waals surface area contributed by atoms with Crippen LogP contribution in [0.3, 0.4) is 0 Å². The monoisotopic (exact) mass is 229 g/mol. The second-order valence-corrected chi connectivity index (χ2v) is 3.71. The standard InChI is InChI=1S/C11H10F3NO/c1-6-5-16-7(2)8-3-10(11(12,13)14)15-4-9(6)8/h3-4,7H,1,5H2,2H3. The van der Waals surface area contributed by atoms with Crippen molar-refractivity contribution in [1.82, 2.24) is 4.98 Å². The van der Waals surface area contributed by atoms with Gasteiger partial charge in [0.25, 0.3) is 0 Å². The second kappa shape index (κ2) is 3.59. The molecule has 1 unspecified atom stereocenters. The van der Waals surface area contributed by atoms with E-state index in [0.717, 1.165) is 6.07 Å². The summed E-state index contributed by atoms with van der Waals surface area (Å²) in [6.45, 7) is 5.78. The number of fused-ring (bicyclic) bond motifs is 1. The van der Waals surface area contributed by atoms with Gasteiger partial charge in [-0.3, -0.25) is 4.98 Å². The van der Waals surface area contributed by atoms with Gasteiger partial charge in [-0.25, -0.2) is 0 Å². The van der Waals surface area contributed by atoms with E-state index in [0.29, 0.717) is 23.3 Å². The summed E-state index contributed by atoms with van der Waals surface area (Å²) < 4.78 is 42.7. The fourth-order valence-electron chi connectivity index (χ4n) is 1.65. The average molecular weight is 229 g/mol. The number of aromatic nitrogens is 1. The fourth-order valence-corrected chi connectivity index (χ4v) is 1.65. The first kappa shape index (κ1) is 11.1. The highest BCUT2D eigenvalue weighted by Crippen LogP contribution is 2.35. The number of nitrogens with zero attached hydrogens (tertiary/aromatic N) is 1. The van der Waals surface area contributed by atoms with Gasteiger partial charge in [-0.2, -0.15) is 13.2 Å². The van der Waals surface area contributed by atoms with Crippen LogP contribution in [-0.4, -0.2) is 11.6 Å².